The lowest BCUT2D eigenvalue weighted by molar-refractivity contribution is 0.102. The van der Waals surface area contributed by atoms with Gasteiger partial charge in [0.2, 0.25) is 0 Å². The zero-order valence-electron chi connectivity index (χ0n) is 17.5. The smallest absolute Gasteiger partial charge is 0.255 e. The van der Waals surface area contributed by atoms with Crippen LogP contribution in [0.15, 0.2) is 60.7 Å². The van der Waals surface area contributed by atoms with Crippen molar-refractivity contribution in [2.75, 3.05) is 5.32 Å². The molecule has 2 aromatic heterocycles. The number of aryl methyl sites for hydroxylation is 2. The first-order valence-corrected chi connectivity index (χ1v) is 9.92. The average molecular weight is 400 g/mol. The van der Waals surface area contributed by atoms with Crippen LogP contribution in [0.2, 0.25) is 0 Å². The Morgan fingerprint density at radius 2 is 1.80 bits per heavy atom. The van der Waals surface area contributed by atoms with Crippen LogP contribution in [0.5, 0.6) is 5.75 Å². The van der Waals surface area contributed by atoms with Crippen LogP contribution in [0, 0.1) is 13.8 Å². The Kier molecular flexibility index (Phi) is 5.23. The van der Waals surface area contributed by atoms with Crippen LogP contribution in [0.25, 0.3) is 16.7 Å². The number of benzene rings is 2. The number of amides is 1. The fourth-order valence-electron chi connectivity index (χ4n) is 3.37. The summed E-state index contributed by atoms with van der Waals surface area (Å²) in [5, 5.41) is 8.44. The Morgan fingerprint density at radius 3 is 2.47 bits per heavy atom. The summed E-state index contributed by atoms with van der Waals surface area (Å²) in [5.74, 6) is 1.25. The van der Waals surface area contributed by atoms with Gasteiger partial charge in [-0.3, -0.25) is 4.79 Å². The lowest BCUT2D eigenvalue weighted by Crippen LogP contribution is -2.13. The number of ether oxygens (including phenoxy) is 1. The summed E-state index contributed by atoms with van der Waals surface area (Å²) in [5.41, 5.74) is 3.86. The number of carbonyl (C=O) groups excluding carboxylic acids is 1. The third-order valence-corrected chi connectivity index (χ3v) is 4.67. The second-order valence-electron chi connectivity index (χ2n) is 7.53. The second-order valence-corrected chi connectivity index (χ2v) is 7.53. The molecule has 0 unspecified atom stereocenters. The number of pyridine rings is 1. The van der Waals surface area contributed by atoms with Crippen molar-refractivity contribution in [3.8, 4) is 11.6 Å². The molecule has 152 valence electrons. The van der Waals surface area contributed by atoms with Gasteiger partial charge >= 0.3 is 0 Å². The van der Waals surface area contributed by atoms with E-state index < -0.39 is 0 Å². The van der Waals surface area contributed by atoms with E-state index in [2.05, 4.69) is 10.4 Å². The minimum atomic E-state index is -0.197. The number of anilines is 1. The van der Waals surface area contributed by atoms with Gasteiger partial charge in [-0.15, -0.1) is 0 Å². The topological polar surface area (TPSA) is 69.0 Å². The van der Waals surface area contributed by atoms with Crippen LogP contribution >= 0.6 is 0 Å². The molecule has 6 nitrogen and oxygen atoms in total. The minimum absolute atomic E-state index is 0.0860. The van der Waals surface area contributed by atoms with Gasteiger partial charge in [0.1, 0.15) is 5.75 Å². The van der Waals surface area contributed by atoms with E-state index in [1.54, 1.807) is 28.9 Å². The van der Waals surface area contributed by atoms with Crippen LogP contribution in [-0.4, -0.2) is 26.8 Å². The summed E-state index contributed by atoms with van der Waals surface area (Å²) in [6, 6.07) is 18.8. The number of nitrogens with one attached hydrogen (secondary N) is 1. The number of aromatic nitrogens is 3. The number of hydrogen-bond donors (Lipinski definition) is 1. The van der Waals surface area contributed by atoms with E-state index in [0.717, 1.165) is 28.0 Å². The third-order valence-electron chi connectivity index (χ3n) is 4.67. The monoisotopic (exact) mass is 400 g/mol. The number of rotatable bonds is 5. The lowest BCUT2D eigenvalue weighted by atomic mass is 10.1. The average Bonchev–Trinajstić information content (AvgIpc) is 3.06. The van der Waals surface area contributed by atoms with Gasteiger partial charge in [0.05, 0.1) is 23.0 Å². The maximum Gasteiger partial charge on any atom is 0.255 e. The second kappa shape index (κ2) is 7.99. The molecule has 0 saturated carbocycles. The maximum atomic E-state index is 12.8. The number of hydrogen-bond acceptors (Lipinski definition) is 4. The Labute approximate surface area is 175 Å². The van der Waals surface area contributed by atoms with Crippen molar-refractivity contribution in [2.24, 2.45) is 0 Å². The molecule has 0 spiro atoms. The summed E-state index contributed by atoms with van der Waals surface area (Å²) in [4.78, 5) is 17.6. The number of carbonyl (C=O) groups is 1. The van der Waals surface area contributed by atoms with Crippen molar-refractivity contribution in [2.45, 2.75) is 33.8 Å². The molecule has 2 heterocycles. The molecule has 1 amide bonds. The van der Waals surface area contributed by atoms with E-state index in [9.17, 15) is 4.79 Å². The quantitative estimate of drug-likeness (QED) is 0.507. The highest BCUT2D eigenvalue weighted by Gasteiger charge is 2.12. The molecule has 4 rings (SSSR count). The highest BCUT2D eigenvalue weighted by molar-refractivity contribution is 6.08. The van der Waals surface area contributed by atoms with Gasteiger partial charge < -0.3 is 10.1 Å². The van der Waals surface area contributed by atoms with Gasteiger partial charge in [-0.25, -0.2) is 9.67 Å². The number of fused-ring (bicyclic) bond motifs is 1. The normalized spacial score (nSPS) is 11.1. The lowest BCUT2D eigenvalue weighted by Gasteiger charge is -2.12. The van der Waals surface area contributed by atoms with Crippen molar-refractivity contribution in [1.29, 1.82) is 0 Å². The third kappa shape index (κ3) is 4.03. The SMILES string of the molecule is Cc1cc(C)n(-c2ccc3cccc(NC(=O)c4ccc(OC(C)C)cc4)c3n2)n1. The predicted molar refractivity (Wildman–Crippen MR) is 118 cm³/mol. The standard InChI is InChI=1S/C24H24N4O2/c1-15(2)30-20-11-8-19(9-12-20)24(29)25-21-7-5-6-18-10-13-22(26-23(18)21)28-17(4)14-16(3)27-28/h5-15H,1-4H3,(H,25,29). The first-order valence-electron chi connectivity index (χ1n) is 9.92. The minimum Gasteiger partial charge on any atom is -0.491 e. The van der Waals surface area contributed by atoms with Crippen molar-refractivity contribution < 1.29 is 9.53 Å². The molecular formula is C24H24N4O2. The van der Waals surface area contributed by atoms with Crippen molar-refractivity contribution in [1.82, 2.24) is 14.8 Å². The van der Waals surface area contributed by atoms with Gasteiger partial charge in [0.15, 0.2) is 5.82 Å². The molecule has 0 aliphatic carbocycles. The van der Waals surface area contributed by atoms with Gasteiger partial charge in [-0.05, 0) is 76.2 Å². The summed E-state index contributed by atoms with van der Waals surface area (Å²) < 4.78 is 7.45. The first kappa shape index (κ1) is 19.6. The highest BCUT2D eigenvalue weighted by atomic mass is 16.5. The first-order chi connectivity index (χ1) is 14.4. The molecule has 0 bridgehead atoms. The largest absolute Gasteiger partial charge is 0.491 e. The van der Waals surface area contributed by atoms with Crippen molar-refractivity contribution in [3.05, 3.63) is 77.6 Å². The molecule has 0 fully saturated rings. The molecule has 0 radical (unpaired) electrons. The van der Waals surface area contributed by atoms with Crippen LogP contribution in [0.1, 0.15) is 35.6 Å². The molecule has 4 aromatic rings. The van der Waals surface area contributed by atoms with Crippen molar-refractivity contribution >= 4 is 22.5 Å². The zero-order chi connectivity index (χ0) is 21.3. The molecule has 2 aromatic carbocycles. The predicted octanol–water partition coefficient (Wildman–Crippen LogP) is 5.08. The van der Waals surface area contributed by atoms with Crippen LogP contribution in [-0.2, 0) is 0 Å². The Hall–Kier alpha value is -3.67. The maximum absolute atomic E-state index is 12.8. The molecule has 1 N–H and O–H groups in total. The summed E-state index contributed by atoms with van der Waals surface area (Å²) in [6.45, 7) is 7.88. The summed E-state index contributed by atoms with van der Waals surface area (Å²) >= 11 is 0. The van der Waals surface area contributed by atoms with Crippen LogP contribution in [0.3, 0.4) is 0 Å². The molecule has 0 atom stereocenters. The summed E-state index contributed by atoms with van der Waals surface area (Å²) in [6.07, 6.45) is 0.0860. The van der Waals surface area contributed by atoms with Crippen LogP contribution < -0.4 is 10.1 Å². The number of para-hydroxylation sites is 1. The molecule has 6 heteroatoms. The molecule has 0 aliphatic heterocycles. The molecule has 0 aliphatic rings. The molecule has 30 heavy (non-hydrogen) atoms. The van der Waals surface area contributed by atoms with Gasteiger partial charge in [-0.1, -0.05) is 12.1 Å². The fourth-order valence-corrected chi connectivity index (χ4v) is 3.37. The van der Waals surface area contributed by atoms with E-state index in [0.29, 0.717) is 17.1 Å². The number of nitrogens with zero attached hydrogens (tertiary/aromatic N) is 3. The van der Waals surface area contributed by atoms with E-state index in [4.69, 9.17) is 9.72 Å². The Balaban J connectivity index is 1.64. The Bertz CT molecular complexity index is 1210. The fraction of sp³-hybridized carbons (Fsp3) is 0.208. The van der Waals surface area contributed by atoms with E-state index in [-0.39, 0.29) is 12.0 Å². The van der Waals surface area contributed by atoms with Gasteiger partial charge in [0, 0.05) is 16.6 Å². The van der Waals surface area contributed by atoms with Gasteiger partial charge in [-0.2, -0.15) is 5.10 Å². The van der Waals surface area contributed by atoms with Gasteiger partial charge in [0.25, 0.3) is 5.91 Å². The summed E-state index contributed by atoms with van der Waals surface area (Å²) in [7, 11) is 0. The van der Waals surface area contributed by atoms with E-state index >= 15 is 0 Å². The molecule has 0 saturated heterocycles. The zero-order valence-corrected chi connectivity index (χ0v) is 17.5. The Morgan fingerprint density at radius 1 is 1.03 bits per heavy atom. The van der Waals surface area contributed by atoms with E-state index in [1.807, 2.05) is 64.1 Å². The highest BCUT2D eigenvalue weighted by Crippen LogP contribution is 2.24. The van der Waals surface area contributed by atoms with Crippen LogP contribution in [0.4, 0.5) is 5.69 Å². The van der Waals surface area contributed by atoms with Crippen molar-refractivity contribution in [3.63, 3.8) is 0 Å². The van der Waals surface area contributed by atoms with E-state index in [1.165, 1.54) is 0 Å². The molecular weight excluding hydrogens is 376 g/mol.